The molecule has 3 heterocycles. The standard InChI is InChI=1S/C20H20N6OS/c27-20(23-11-14-5-2-1-3-6-14)16-13-28-18(25-16)8-10-21-12-17-24-15-7-4-9-22-19(15)26-17/h1-7,9,13,21H,8,10-12H2,(H,23,27)(H,22,24,26). The number of H-pyrrole nitrogens is 1. The third-order valence-electron chi connectivity index (χ3n) is 4.19. The van der Waals surface area contributed by atoms with Crippen LogP contribution in [0.1, 0.15) is 26.9 Å². The van der Waals surface area contributed by atoms with E-state index in [1.807, 2.05) is 42.5 Å². The van der Waals surface area contributed by atoms with Gasteiger partial charge in [0.25, 0.3) is 5.91 Å². The third-order valence-corrected chi connectivity index (χ3v) is 5.10. The first-order valence-electron chi connectivity index (χ1n) is 9.05. The molecule has 4 aromatic rings. The van der Waals surface area contributed by atoms with Crippen LogP contribution in [0.2, 0.25) is 0 Å². The van der Waals surface area contributed by atoms with Crippen molar-refractivity contribution in [1.29, 1.82) is 0 Å². The summed E-state index contributed by atoms with van der Waals surface area (Å²) < 4.78 is 0. The van der Waals surface area contributed by atoms with Crippen LogP contribution >= 0.6 is 11.3 Å². The van der Waals surface area contributed by atoms with Gasteiger partial charge in [-0.2, -0.15) is 0 Å². The van der Waals surface area contributed by atoms with Crippen LogP contribution in [0.4, 0.5) is 0 Å². The largest absolute Gasteiger partial charge is 0.347 e. The van der Waals surface area contributed by atoms with Crippen LogP contribution in [-0.2, 0) is 19.5 Å². The van der Waals surface area contributed by atoms with E-state index in [1.54, 1.807) is 11.6 Å². The highest BCUT2D eigenvalue weighted by atomic mass is 32.1. The highest BCUT2D eigenvalue weighted by Crippen LogP contribution is 2.11. The first-order valence-corrected chi connectivity index (χ1v) is 9.93. The molecule has 0 aliphatic rings. The summed E-state index contributed by atoms with van der Waals surface area (Å²) >= 11 is 1.50. The smallest absolute Gasteiger partial charge is 0.271 e. The summed E-state index contributed by atoms with van der Waals surface area (Å²) in [4.78, 5) is 28.6. The van der Waals surface area contributed by atoms with E-state index in [2.05, 4.69) is 30.6 Å². The Hall–Kier alpha value is -3.10. The van der Waals surface area contributed by atoms with E-state index in [1.165, 1.54) is 11.3 Å². The molecule has 0 spiro atoms. The second-order valence-corrected chi connectivity index (χ2v) is 7.22. The maximum atomic E-state index is 12.2. The van der Waals surface area contributed by atoms with E-state index in [9.17, 15) is 4.79 Å². The zero-order valence-electron chi connectivity index (χ0n) is 15.2. The number of aromatic nitrogens is 4. The van der Waals surface area contributed by atoms with E-state index in [4.69, 9.17) is 0 Å². The normalized spacial score (nSPS) is 11.0. The molecule has 7 nitrogen and oxygen atoms in total. The molecule has 142 valence electrons. The third kappa shape index (κ3) is 4.59. The molecule has 0 aliphatic heterocycles. The predicted molar refractivity (Wildman–Crippen MR) is 109 cm³/mol. The van der Waals surface area contributed by atoms with E-state index >= 15 is 0 Å². The predicted octanol–water partition coefficient (Wildman–Crippen LogP) is 2.68. The van der Waals surface area contributed by atoms with Gasteiger partial charge in [0.15, 0.2) is 5.65 Å². The molecule has 0 saturated heterocycles. The maximum Gasteiger partial charge on any atom is 0.271 e. The summed E-state index contributed by atoms with van der Waals surface area (Å²) in [6.07, 6.45) is 2.50. The quantitative estimate of drug-likeness (QED) is 0.401. The van der Waals surface area contributed by atoms with Crippen molar-refractivity contribution in [2.75, 3.05) is 6.54 Å². The molecule has 0 fully saturated rings. The van der Waals surface area contributed by atoms with Gasteiger partial charge in [-0.25, -0.2) is 15.0 Å². The van der Waals surface area contributed by atoms with E-state index < -0.39 is 0 Å². The SMILES string of the molecule is O=C(NCc1ccccc1)c1csc(CCNCc2nc3cccnc3[nH]2)n1. The first kappa shape index (κ1) is 18.3. The summed E-state index contributed by atoms with van der Waals surface area (Å²) in [7, 11) is 0. The van der Waals surface area contributed by atoms with Crippen LogP contribution in [0.15, 0.2) is 54.0 Å². The van der Waals surface area contributed by atoms with Crippen molar-refractivity contribution < 1.29 is 4.79 Å². The first-order chi connectivity index (χ1) is 13.8. The molecule has 0 unspecified atom stereocenters. The Balaban J connectivity index is 1.22. The number of amides is 1. The molecule has 4 rings (SSSR count). The summed E-state index contributed by atoms with van der Waals surface area (Å²) in [6, 6.07) is 13.6. The number of hydrogen-bond acceptors (Lipinski definition) is 6. The van der Waals surface area contributed by atoms with Crippen molar-refractivity contribution in [3.8, 4) is 0 Å². The minimum atomic E-state index is -0.144. The van der Waals surface area contributed by atoms with Crippen molar-refractivity contribution in [2.45, 2.75) is 19.5 Å². The fraction of sp³-hybridized carbons (Fsp3) is 0.200. The molecular formula is C20H20N6OS. The van der Waals surface area contributed by atoms with Gasteiger partial charge in [0.05, 0.1) is 11.6 Å². The van der Waals surface area contributed by atoms with Crippen molar-refractivity contribution >= 4 is 28.4 Å². The van der Waals surface area contributed by atoms with Crippen molar-refractivity contribution in [2.24, 2.45) is 0 Å². The maximum absolute atomic E-state index is 12.2. The van der Waals surface area contributed by atoms with Gasteiger partial charge in [-0.1, -0.05) is 30.3 Å². The van der Waals surface area contributed by atoms with Crippen LogP contribution in [0, 0.1) is 0 Å². The number of thiazole rings is 1. The lowest BCUT2D eigenvalue weighted by Gasteiger charge is -2.03. The fourth-order valence-corrected chi connectivity index (χ4v) is 3.56. The Morgan fingerprint density at radius 2 is 1.96 bits per heavy atom. The number of benzene rings is 1. The van der Waals surface area contributed by atoms with Crippen LogP contribution in [0.25, 0.3) is 11.2 Å². The number of imidazole rings is 1. The monoisotopic (exact) mass is 392 g/mol. The number of carbonyl (C=O) groups is 1. The second-order valence-electron chi connectivity index (χ2n) is 6.28. The van der Waals surface area contributed by atoms with Gasteiger partial charge >= 0.3 is 0 Å². The Morgan fingerprint density at radius 1 is 1.07 bits per heavy atom. The number of nitrogens with zero attached hydrogens (tertiary/aromatic N) is 3. The van der Waals surface area contributed by atoms with Crippen molar-refractivity contribution in [3.05, 3.63) is 76.1 Å². The lowest BCUT2D eigenvalue weighted by molar-refractivity contribution is 0.0946. The van der Waals surface area contributed by atoms with Crippen LogP contribution in [-0.4, -0.2) is 32.4 Å². The number of aromatic amines is 1. The molecule has 3 aromatic heterocycles. The summed E-state index contributed by atoms with van der Waals surface area (Å²) in [6.45, 7) is 1.88. The van der Waals surface area contributed by atoms with E-state index in [0.717, 1.165) is 40.5 Å². The number of carbonyl (C=O) groups excluding carboxylic acids is 1. The molecule has 1 amide bonds. The Labute approximate surface area is 166 Å². The average Bonchev–Trinajstić information content (AvgIpc) is 3.37. The van der Waals surface area contributed by atoms with Gasteiger partial charge in [0.2, 0.25) is 0 Å². The van der Waals surface area contributed by atoms with E-state index in [-0.39, 0.29) is 5.91 Å². The Bertz CT molecular complexity index is 1030. The molecule has 0 bridgehead atoms. The van der Waals surface area contributed by atoms with Crippen molar-refractivity contribution in [3.63, 3.8) is 0 Å². The number of fused-ring (bicyclic) bond motifs is 1. The topological polar surface area (TPSA) is 95.6 Å². The zero-order chi connectivity index (χ0) is 19.2. The van der Waals surface area contributed by atoms with Crippen LogP contribution in [0.3, 0.4) is 0 Å². The summed E-state index contributed by atoms with van der Waals surface area (Å²) in [5.41, 5.74) is 3.20. The molecule has 0 atom stereocenters. The number of rotatable bonds is 8. The van der Waals surface area contributed by atoms with Crippen LogP contribution in [0.5, 0.6) is 0 Å². The van der Waals surface area contributed by atoms with Crippen molar-refractivity contribution in [1.82, 2.24) is 30.6 Å². The Morgan fingerprint density at radius 3 is 2.82 bits per heavy atom. The van der Waals surface area contributed by atoms with Gasteiger partial charge in [0, 0.05) is 31.1 Å². The molecule has 3 N–H and O–H groups in total. The fourth-order valence-electron chi connectivity index (χ4n) is 2.78. The minimum absolute atomic E-state index is 0.144. The molecule has 0 radical (unpaired) electrons. The molecule has 28 heavy (non-hydrogen) atoms. The number of pyridine rings is 1. The summed E-state index contributed by atoms with van der Waals surface area (Å²) in [5, 5.41) is 8.98. The number of nitrogens with one attached hydrogen (secondary N) is 3. The second kappa shape index (κ2) is 8.73. The molecule has 1 aromatic carbocycles. The highest BCUT2D eigenvalue weighted by molar-refractivity contribution is 7.09. The zero-order valence-corrected chi connectivity index (χ0v) is 16.0. The minimum Gasteiger partial charge on any atom is -0.347 e. The molecule has 0 saturated carbocycles. The summed E-state index contributed by atoms with van der Waals surface area (Å²) in [5.74, 6) is 0.711. The molecular weight excluding hydrogens is 372 g/mol. The molecule has 8 heteroatoms. The lowest BCUT2D eigenvalue weighted by atomic mass is 10.2. The highest BCUT2D eigenvalue weighted by Gasteiger charge is 2.10. The van der Waals surface area contributed by atoms with E-state index in [0.29, 0.717) is 18.8 Å². The Kier molecular flexibility index (Phi) is 5.69. The van der Waals surface area contributed by atoms with Gasteiger partial charge in [-0.05, 0) is 17.7 Å². The number of hydrogen-bond donors (Lipinski definition) is 3. The van der Waals surface area contributed by atoms with Gasteiger partial charge < -0.3 is 15.6 Å². The lowest BCUT2D eigenvalue weighted by Crippen LogP contribution is -2.23. The molecule has 0 aliphatic carbocycles. The van der Waals surface area contributed by atoms with Crippen LogP contribution < -0.4 is 10.6 Å². The van der Waals surface area contributed by atoms with Gasteiger partial charge in [-0.3, -0.25) is 4.79 Å². The average molecular weight is 392 g/mol. The van der Waals surface area contributed by atoms with Gasteiger partial charge in [0.1, 0.15) is 17.0 Å². The van der Waals surface area contributed by atoms with Gasteiger partial charge in [-0.15, -0.1) is 11.3 Å².